The van der Waals surface area contributed by atoms with Crippen LogP contribution in [0.2, 0.25) is 0 Å². The highest BCUT2D eigenvalue weighted by atomic mass is 79.9. The lowest BCUT2D eigenvalue weighted by Gasteiger charge is -2.07. The van der Waals surface area contributed by atoms with Crippen LogP contribution in [0.4, 0.5) is 0 Å². The Labute approximate surface area is 101 Å². The van der Waals surface area contributed by atoms with Gasteiger partial charge in [-0.15, -0.1) is 11.3 Å². The highest BCUT2D eigenvalue weighted by Gasteiger charge is 2.14. The molecule has 1 nitrogen and oxygen atoms in total. The summed E-state index contributed by atoms with van der Waals surface area (Å²) in [6, 6.07) is 11.8. The van der Waals surface area contributed by atoms with Gasteiger partial charge in [-0.3, -0.25) is 0 Å². The summed E-state index contributed by atoms with van der Waals surface area (Å²) in [5.74, 6) is -0.137. The second-order valence-electron chi connectivity index (χ2n) is 3.19. The summed E-state index contributed by atoms with van der Waals surface area (Å²) >= 11 is 5.00. The van der Waals surface area contributed by atoms with E-state index in [1.165, 1.54) is 0 Å². The minimum atomic E-state index is -0.137. The summed E-state index contributed by atoms with van der Waals surface area (Å²) in [7, 11) is 0. The molecule has 0 fully saturated rings. The fourth-order valence-electron chi connectivity index (χ4n) is 1.46. The Balaban J connectivity index is 2.37. The SMILES string of the molecule is O=CC(c1ccccc1)c1cc(Br)cs1. The van der Waals surface area contributed by atoms with Crippen molar-refractivity contribution < 1.29 is 4.79 Å². The van der Waals surface area contributed by atoms with Crippen molar-refractivity contribution in [2.75, 3.05) is 0 Å². The molecule has 1 atom stereocenters. The number of hydrogen-bond acceptors (Lipinski definition) is 2. The monoisotopic (exact) mass is 280 g/mol. The van der Waals surface area contributed by atoms with Crippen LogP contribution in [0.25, 0.3) is 0 Å². The van der Waals surface area contributed by atoms with Gasteiger partial charge >= 0.3 is 0 Å². The van der Waals surface area contributed by atoms with Gasteiger partial charge in [-0.25, -0.2) is 0 Å². The van der Waals surface area contributed by atoms with E-state index in [0.717, 1.165) is 21.2 Å². The Morgan fingerprint density at radius 3 is 2.53 bits per heavy atom. The van der Waals surface area contributed by atoms with Crippen molar-refractivity contribution in [3.8, 4) is 0 Å². The van der Waals surface area contributed by atoms with Crippen molar-refractivity contribution in [3.05, 3.63) is 56.7 Å². The summed E-state index contributed by atoms with van der Waals surface area (Å²) in [6.45, 7) is 0. The third kappa shape index (κ3) is 2.36. The van der Waals surface area contributed by atoms with E-state index in [0.29, 0.717) is 0 Å². The average Bonchev–Trinajstić information content (AvgIpc) is 2.68. The van der Waals surface area contributed by atoms with Gasteiger partial charge in [-0.05, 0) is 27.6 Å². The van der Waals surface area contributed by atoms with Crippen LogP contribution in [0.3, 0.4) is 0 Å². The van der Waals surface area contributed by atoms with Crippen LogP contribution in [0.5, 0.6) is 0 Å². The molecular weight excluding hydrogens is 272 g/mol. The predicted molar refractivity (Wildman–Crippen MR) is 66.4 cm³/mol. The number of hydrogen-bond donors (Lipinski definition) is 0. The normalized spacial score (nSPS) is 12.3. The number of aldehydes is 1. The van der Waals surface area contributed by atoms with Crippen LogP contribution < -0.4 is 0 Å². The maximum absolute atomic E-state index is 11.1. The van der Waals surface area contributed by atoms with E-state index in [1.54, 1.807) is 11.3 Å². The molecule has 1 heterocycles. The second kappa shape index (κ2) is 4.73. The molecule has 2 aromatic rings. The van der Waals surface area contributed by atoms with Gasteiger partial charge in [-0.2, -0.15) is 0 Å². The van der Waals surface area contributed by atoms with Crippen LogP contribution >= 0.6 is 27.3 Å². The fraction of sp³-hybridized carbons (Fsp3) is 0.0833. The smallest absolute Gasteiger partial charge is 0.132 e. The zero-order valence-corrected chi connectivity index (χ0v) is 10.3. The summed E-state index contributed by atoms with van der Waals surface area (Å²) in [5.41, 5.74) is 1.04. The Morgan fingerprint density at radius 2 is 2.00 bits per heavy atom. The molecule has 0 aliphatic carbocycles. The van der Waals surface area contributed by atoms with E-state index in [9.17, 15) is 4.79 Å². The summed E-state index contributed by atoms with van der Waals surface area (Å²) in [5, 5.41) is 1.99. The van der Waals surface area contributed by atoms with E-state index in [2.05, 4.69) is 15.9 Å². The second-order valence-corrected chi connectivity index (χ2v) is 5.05. The molecule has 1 aromatic heterocycles. The van der Waals surface area contributed by atoms with Gasteiger partial charge in [0.25, 0.3) is 0 Å². The van der Waals surface area contributed by atoms with Gasteiger partial charge in [0.1, 0.15) is 6.29 Å². The van der Waals surface area contributed by atoms with E-state index in [1.807, 2.05) is 41.8 Å². The van der Waals surface area contributed by atoms with E-state index >= 15 is 0 Å². The standard InChI is InChI=1S/C12H9BrOS/c13-10-6-12(15-8-10)11(7-14)9-4-2-1-3-5-9/h1-8,11H. The molecule has 0 saturated heterocycles. The maximum Gasteiger partial charge on any atom is 0.132 e. The first-order valence-electron chi connectivity index (χ1n) is 4.55. The molecule has 0 bridgehead atoms. The lowest BCUT2D eigenvalue weighted by atomic mass is 9.99. The topological polar surface area (TPSA) is 17.1 Å². The Bertz CT molecular complexity index is 450. The molecule has 15 heavy (non-hydrogen) atoms. The zero-order chi connectivity index (χ0) is 10.7. The number of carbonyl (C=O) groups is 1. The molecule has 1 aromatic carbocycles. The lowest BCUT2D eigenvalue weighted by molar-refractivity contribution is -0.108. The first-order valence-corrected chi connectivity index (χ1v) is 6.22. The first kappa shape index (κ1) is 10.6. The van der Waals surface area contributed by atoms with Crippen molar-refractivity contribution in [2.24, 2.45) is 0 Å². The largest absolute Gasteiger partial charge is 0.302 e. The molecule has 0 aliphatic heterocycles. The molecule has 0 radical (unpaired) electrons. The summed E-state index contributed by atoms with van der Waals surface area (Å²) < 4.78 is 1.03. The van der Waals surface area contributed by atoms with E-state index in [4.69, 9.17) is 0 Å². The van der Waals surface area contributed by atoms with Gasteiger partial charge in [0.2, 0.25) is 0 Å². The van der Waals surface area contributed by atoms with Gasteiger partial charge in [-0.1, -0.05) is 30.3 Å². The maximum atomic E-state index is 11.1. The van der Waals surface area contributed by atoms with Crippen LogP contribution in [0, 0.1) is 0 Å². The quantitative estimate of drug-likeness (QED) is 0.781. The van der Waals surface area contributed by atoms with E-state index < -0.39 is 0 Å². The number of halogens is 1. The molecular formula is C12H9BrOS. The Hall–Kier alpha value is -0.930. The minimum absolute atomic E-state index is 0.137. The summed E-state index contributed by atoms with van der Waals surface area (Å²) in [4.78, 5) is 12.2. The highest BCUT2D eigenvalue weighted by molar-refractivity contribution is 9.10. The number of thiophene rings is 1. The summed E-state index contributed by atoms with van der Waals surface area (Å²) in [6.07, 6.45) is 0.994. The van der Waals surface area contributed by atoms with Crippen molar-refractivity contribution in [1.82, 2.24) is 0 Å². The third-order valence-electron chi connectivity index (χ3n) is 2.19. The molecule has 0 N–H and O–H groups in total. The van der Waals surface area contributed by atoms with Gasteiger partial charge < -0.3 is 4.79 Å². The zero-order valence-electron chi connectivity index (χ0n) is 7.89. The molecule has 2 rings (SSSR count). The Morgan fingerprint density at radius 1 is 1.27 bits per heavy atom. The van der Waals surface area contributed by atoms with Crippen LogP contribution in [-0.2, 0) is 4.79 Å². The number of carbonyl (C=O) groups excluding carboxylic acids is 1. The minimum Gasteiger partial charge on any atom is -0.302 e. The van der Waals surface area contributed by atoms with Crippen LogP contribution in [0.15, 0.2) is 46.3 Å². The molecule has 0 saturated carbocycles. The number of benzene rings is 1. The van der Waals surface area contributed by atoms with Crippen molar-refractivity contribution in [1.29, 1.82) is 0 Å². The molecule has 0 amide bonds. The van der Waals surface area contributed by atoms with E-state index in [-0.39, 0.29) is 5.92 Å². The first-order chi connectivity index (χ1) is 7.31. The average molecular weight is 281 g/mol. The fourth-order valence-corrected chi connectivity index (χ4v) is 2.99. The van der Waals surface area contributed by atoms with Crippen molar-refractivity contribution in [2.45, 2.75) is 5.92 Å². The third-order valence-corrected chi connectivity index (χ3v) is 3.97. The lowest BCUT2D eigenvalue weighted by Crippen LogP contribution is -1.99. The van der Waals surface area contributed by atoms with Gasteiger partial charge in [0.05, 0.1) is 5.92 Å². The molecule has 76 valence electrons. The van der Waals surface area contributed by atoms with Crippen LogP contribution in [0.1, 0.15) is 16.4 Å². The molecule has 1 unspecified atom stereocenters. The molecule has 0 aliphatic rings. The van der Waals surface area contributed by atoms with Gasteiger partial charge in [0, 0.05) is 14.7 Å². The molecule has 3 heteroatoms. The number of rotatable bonds is 3. The molecule has 0 spiro atoms. The highest BCUT2D eigenvalue weighted by Crippen LogP contribution is 2.30. The van der Waals surface area contributed by atoms with Crippen LogP contribution in [-0.4, -0.2) is 6.29 Å². The Kier molecular flexibility index (Phi) is 3.34. The predicted octanol–water partition coefficient (Wildman–Crippen LogP) is 3.84. The van der Waals surface area contributed by atoms with Crippen molar-refractivity contribution >= 4 is 33.6 Å². The van der Waals surface area contributed by atoms with Gasteiger partial charge in [0.15, 0.2) is 0 Å². The van der Waals surface area contributed by atoms with Crippen molar-refractivity contribution in [3.63, 3.8) is 0 Å².